The van der Waals surface area contributed by atoms with Gasteiger partial charge in [-0.05, 0) is 48.1 Å². The van der Waals surface area contributed by atoms with Crippen molar-refractivity contribution in [1.29, 1.82) is 0 Å². The number of aromatic hydroxyl groups is 1. The molecule has 0 saturated heterocycles. The fourth-order valence-electron chi connectivity index (χ4n) is 4.88. The van der Waals surface area contributed by atoms with Crippen molar-refractivity contribution in [3.8, 4) is 17.0 Å². The van der Waals surface area contributed by atoms with E-state index in [0.717, 1.165) is 11.1 Å². The standard InChI is InChI=1S/C32H28N4O5/c37-25(38)15-17-34-32(41)29-30(39)26-24(18-21-10-5-2-6-11-21)23(14-13-20-8-3-1-4-9-20)31(40)36-28(26)27(35-29)22-12-7-16-33-19-22/h1-12,16,19,39H,13-15,17-18H2,(H,34,41)(H,36,40)(H,37,38). The molecule has 5 rings (SSSR count). The summed E-state index contributed by atoms with van der Waals surface area (Å²) >= 11 is 0. The van der Waals surface area contributed by atoms with Crippen LogP contribution in [0.1, 0.15) is 39.2 Å². The Balaban J connectivity index is 1.75. The topological polar surface area (TPSA) is 145 Å². The number of pyridine rings is 3. The van der Waals surface area contributed by atoms with Crippen molar-refractivity contribution in [2.45, 2.75) is 25.7 Å². The molecule has 5 aromatic rings. The largest absolute Gasteiger partial charge is 0.505 e. The number of H-pyrrole nitrogens is 1. The monoisotopic (exact) mass is 548 g/mol. The molecule has 0 aliphatic carbocycles. The highest BCUT2D eigenvalue weighted by molar-refractivity contribution is 6.06. The number of nitrogens with one attached hydrogen (secondary N) is 2. The second-order valence-electron chi connectivity index (χ2n) is 9.61. The Morgan fingerprint density at radius 3 is 2.24 bits per heavy atom. The number of carboxylic acid groups (broad SMARTS) is 1. The van der Waals surface area contributed by atoms with Crippen molar-refractivity contribution in [1.82, 2.24) is 20.3 Å². The van der Waals surface area contributed by atoms with E-state index >= 15 is 0 Å². The molecule has 0 spiro atoms. The van der Waals surface area contributed by atoms with E-state index in [2.05, 4.69) is 20.3 Å². The number of carbonyl (C=O) groups is 2. The normalized spacial score (nSPS) is 10.9. The van der Waals surface area contributed by atoms with Crippen molar-refractivity contribution in [2.24, 2.45) is 0 Å². The van der Waals surface area contributed by atoms with E-state index in [1.807, 2.05) is 60.7 Å². The van der Waals surface area contributed by atoms with Crippen LogP contribution >= 0.6 is 0 Å². The second kappa shape index (κ2) is 12.3. The number of aryl methyl sites for hydroxylation is 1. The van der Waals surface area contributed by atoms with Gasteiger partial charge in [-0.3, -0.25) is 19.4 Å². The molecule has 0 saturated carbocycles. The van der Waals surface area contributed by atoms with Crippen LogP contribution in [0.2, 0.25) is 0 Å². The first-order valence-electron chi connectivity index (χ1n) is 13.2. The van der Waals surface area contributed by atoms with Gasteiger partial charge >= 0.3 is 5.97 Å². The van der Waals surface area contributed by atoms with Crippen LogP contribution in [0, 0.1) is 0 Å². The molecule has 1 amide bonds. The van der Waals surface area contributed by atoms with E-state index in [1.165, 1.54) is 0 Å². The van der Waals surface area contributed by atoms with Gasteiger partial charge in [0.1, 0.15) is 0 Å². The number of aromatic amines is 1. The molecular formula is C32H28N4O5. The van der Waals surface area contributed by atoms with Crippen LogP contribution in [0.4, 0.5) is 0 Å². The number of amides is 1. The second-order valence-corrected chi connectivity index (χ2v) is 9.61. The van der Waals surface area contributed by atoms with Crippen LogP contribution in [-0.2, 0) is 24.1 Å². The number of carbonyl (C=O) groups excluding carboxylic acids is 1. The average Bonchev–Trinajstić information content (AvgIpc) is 2.98. The summed E-state index contributed by atoms with van der Waals surface area (Å²) in [6.07, 6.45) is 4.20. The zero-order chi connectivity index (χ0) is 28.8. The number of nitrogens with zero attached hydrogens (tertiary/aromatic N) is 2. The van der Waals surface area contributed by atoms with Gasteiger partial charge in [-0.2, -0.15) is 0 Å². The third-order valence-electron chi connectivity index (χ3n) is 6.85. The molecule has 4 N–H and O–H groups in total. The van der Waals surface area contributed by atoms with Crippen molar-refractivity contribution in [3.05, 3.63) is 123 Å². The molecule has 0 bridgehead atoms. The summed E-state index contributed by atoms with van der Waals surface area (Å²) in [6.45, 7) is -0.139. The first-order valence-corrected chi connectivity index (χ1v) is 13.2. The van der Waals surface area contributed by atoms with Gasteiger partial charge in [0.25, 0.3) is 11.5 Å². The summed E-state index contributed by atoms with van der Waals surface area (Å²) in [5.74, 6) is -2.18. The highest BCUT2D eigenvalue weighted by Crippen LogP contribution is 2.37. The molecule has 0 unspecified atom stereocenters. The Bertz CT molecular complexity index is 1750. The van der Waals surface area contributed by atoms with Crippen LogP contribution in [0.3, 0.4) is 0 Å². The molecule has 2 aromatic carbocycles. The lowest BCUT2D eigenvalue weighted by Gasteiger charge is -2.18. The lowest BCUT2D eigenvalue weighted by atomic mass is 9.91. The summed E-state index contributed by atoms with van der Waals surface area (Å²) in [5.41, 5.74) is 3.61. The third kappa shape index (κ3) is 6.14. The third-order valence-corrected chi connectivity index (χ3v) is 6.85. The minimum atomic E-state index is -1.07. The van der Waals surface area contributed by atoms with E-state index in [1.54, 1.807) is 24.5 Å². The van der Waals surface area contributed by atoms with Crippen molar-refractivity contribution >= 4 is 22.8 Å². The van der Waals surface area contributed by atoms with E-state index in [4.69, 9.17) is 5.11 Å². The molecule has 9 heteroatoms. The highest BCUT2D eigenvalue weighted by Gasteiger charge is 2.25. The van der Waals surface area contributed by atoms with E-state index < -0.39 is 11.9 Å². The van der Waals surface area contributed by atoms with Crippen LogP contribution in [0.15, 0.2) is 90.0 Å². The predicted octanol–water partition coefficient (Wildman–Crippen LogP) is 4.27. The molecule has 0 fully saturated rings. The van der Waals surface area contributed by atoms with Crippen LogP contribution < -0.4 is 10.9 Å². The van der Waals surface area contributed by atoms with Crippen LogP contribution in [-0.4, -0.2) is 43.6 Å². The number of aliphatic carboxylic acids is 1. The summed E-state index contributed by atoms with van der Waals surface area (Å²) in [4.78, 5) is 49.4. The van der Waals surface area contributed by atoms with Crippen molar-refractivity contribution in [3.63, 3.8) is 0 Å². The maximum atomic E-state index is 13.7. The quantitative estimate of drug-likeness (QED) is 0.204. The number of benzene rings is 2. The molecule has 3 heterocycles. The molecule has 41 heavy (non-hydrogen) atoms. The number of aromatic nitrogens is 3. The molecule has 0 aliphatic rings. The van der Waals surface area contributed by atoms with Gasteiger partial charge in [0.15, 0.2) is 11.4 Å². The number of carboxylic acids is 1. The number of hydrogen-bond donors (Lipinski definition) is 4. The maximum Gasteiger partial charge on any atom is 0.305 e. The van der Waals surface area contributed by atoms with Gasteiger partial charge in [0.2, 0.25) is 0 Å². The maximum absolute atomic E-state index is 13.7. The predicted molar refractivity (Wildman–Crippen MR) is 155 cm³/mol. The minimum absolute atomic E-state index is 0.139. The molecule has 9 nitrogen and oxygen atoms in total. The Labute approximate surface area is 235 Å². The van der Waals surface area contributed by atoms with Gasteiger partial charge in [0.05, 0.1) is 17.6 Å². The lowest BCUT2D eigenvalue weighted by molar-refractivity contribution is -0.136. The fraction of sp³-hybridized carbons (Fsp3) is 0.156. The summed E-state index contributed by atoms with van der Waals surface area (Å²) < 4.78 is 0. The molecule has 0 atom stereocenters. The smallest absolute Gasteiger partial charge is 0.305 e. The summed E-state index contributed by atoms with van der Waals surface area (Å²) in [7, 11) is 0. The van der Waals surface area contributed by atoms with Gasteiger partial charge in [0, 0.05) is 35.5 Å². The van der Waals surface area contributed by atoms with Gasteiger partial charge < -0.3 is 20.5 Å². The average molecular weight is 549 g/mol. The Morgan fingerprint density at radius 2 is 1.59 bits per heavy atom. The van der Waals surface area contributed by atoms with Gasteiger partial charge in [-0.15, -0.1) is 0 Å². The molecule has 0 radical (unpaired) electrons. The summed E-state index contributed by atoms with van der Waals surface area (Å²) in [6, 6.07) is 22.8. The first kappa shape index (κ1) is 27.3. The van der Waals surface area contributed by atoms with E-state index in [9.17, 15) is 19.5 Å². The Hall–Kier alpha value is -5.31. The molecular weight excluding hydrogens is 520 g/mol. The van der Waals surface area contributed by atoms with E-state index in [-0.39, 0.29) is 41.2 Å². The number of hydrogen-bond acceptors (Lipinski definition) is 6. The Morgan fingerprint density at radius 1 is 0.878 bits per heavy atom. The van der Waals surface area contributed by atoms with Crippen LogP contribution in [0.5, 0.6) is 5.75 Å². The molecule has 3 aromatic heterocycles. The highest BCUT2D eigenvalue weighted by atomic mass is 16.4. The summed E-state index contributed by atoms with van der Waals surface area (Å²) in [5, 5.41) is 23.4. The molecule has 206 valence electrons. The number of rotatable bonds is 10. The van der Waals surface area contributed by atoms with Crippen LogP contribution in [0.25, 0.3) is 22.2 Å². The van der Waals surface area contributed by atoms with Gasteiger partial charge in [-0.1, -0.05) is 60.7 Å². The zero-order valence-corrected chi connectivity index (χ0v) is 22.1. The number of fused-ring (bicyclic) bond motifs is 1. The fourth-order valence-corrected chi connectivity index (χ4v) is 4.88. The minimum Gasteiger partial charge on any atom is -0.505 e. The van der Waals surface area contributed by atoms with Crippen molar-refractivity contribution < 1.29 is 19.8 Å². The SMILES string of the molecule is O=C(O)CCNC(=O)c1nc(-c2cccnc2)c2[nH]c(=O)c(CCc3ccccc3)c(Cc3ccccc3)c2c1O. The Kier molecular flexibility index (Phi) is 8.15. The lowest BCUT2D eigenvalue weighted by Crippen LogP contribution is -2.27. The van der Waals surface area contributed by atoms with Gasteiger partial charge in [-0.25, -0.2) is 4.98 Å². The van der Waals surface area contributed by atoms with Crippen molar-refractivity contribution in [2.75, 3.05) is 6.54 Å². The van der Waals surface area contributed by atoms with E-state index in [0.29, 0.717) is 41.3 Å². The first-order chi connectivity index (χ1) is 19.9. The zero-order valence-electron chi connectivity index (χ0n) is 22.1. The molecule has 0 aliphatic heterocycles.